The van der Waals surface area contributed by atoms with E-state index in [1.54, 1.807) is 28.4 Å². The maximum Gasteiger partial charge on any atom is 0.121 e. The molecule has 54 heavy (non-hydrogen) atoms. The molecular formula is C50H34O4. The quantitative estimate of drug-likeness (QED) is 0.173. The lowest BCUT2D eigenvalue weighted by Gasteiger charge is -2.04. The molecule has 0 aliphatic carbocycles. The minimum absolute atomic E-state index is 0.648. The van der Waals surface area contributed by atoms with Gasteiger partial charge in [0.1, 0.15) is 23.0 Å². The highest BCUT2D eigenvalue weighted by Crippen LogP contribution is 2.21. The van der Waals surface area contributed by atoms with Crippen molar-refractivity contribution in [1.29, 1.82) is 0 Å². The van der Waals surface area contributed by atoms with E-state index in [1.165, 1.54) is 0 Å². The third-order valence-corrected chi connectivity index (χ3v) is 7.87. The van der Waals surface area contributed by atoms with Gasteiger partial charge in [0.05, 0.1) is 28.4 Å². The summed E-state index contributed by atoms with van der Waals surface area (Å²) in [6.45, 7) is 0. The molecule has 0 saturated heterocycles. The van der Waals surface area contributed by atoms with E-state index >= 15 is 0 Å². The number of ether oxygens (including phenoxy) is 4. The third kappa shape index (κ3) is 10.4. The zero-order chi connectivity index (χ0) is 37.5. The summed E-state index contributed by atoms with van der Waals surface area (Å²) < 4.78 is 22.2. The van der Waals surface area contributed by atoms with Crippen LogP contribution in [0, 0.1) is 59.2 Å². The highest BCUT2D eigenvalue weighted by atomic mass is 16.5. The molecule has 6 aromatic carbocycles. The van der Waals surface area contributed by atoms with Crippen LogP contribution >= 0.6 is 0 Å². The second kappa shape index (κ2) is 18.0. The van der Waals surface area contributed by atoms with Gasteiger partial charge in [0, 0.05) is 55.6 Å². The molecule has 0 spiro atoms. The van der Waals surface area contributed by atoms with Crippen molar-refractivity contribution < 1.29 is 18.9 Å². The Morgan fingerprint density at radius 1 is 0.241 bits per heavy atom. The summed E-state index contributed by atoms with van der Waals surface area (Å²) in [5.41, 5.74) is 8.03. The van der Waals surface area contributed by atoms with E-state index in [-0.39, 0.29) is 0 Å². The summed E-state index contributed by atoms with van der Waals surface area (Å²) in [4.78, 5) is 0. The molecule has 0 aromatic heterocycles. The number of benzene rings is 6. The second-order valence-corrected chi connectivity index (χ2v) is 11.8. The molecule has 0 N–H and O–H groups in total. The van der Waals surface area contributed by atoms with Gasteiger partial charge in [-0.1, -0.05) is 95.6 Å². The fourth-order valence-electron chi connectivity index (χ4n) is 5.21. The molecule has 0 atom stereocenters. The standard InChI is InChI=1S/C50H34O4/c1-51-47-29-39(17-15-37-11-7-5-8-12-37)25-41(31-47)19-21-43-27-45(35-49(33-43)53-3)23-24-46-28-44(34-50(36-46)54-4)22-20-42-26-40(30-48(32-42)52-2)18-16-38-13-9-6-10-14-38/h5-14,25-36H,1-4H3. The normalized spacial score (nSPS) is 9.48. The van der Waals surface area contributed by atoms with E-state index in [0.29, 0.717) is 23.0 Å². The average Bonchev–Trinajstić information content (AvgIpc) is 3.23. The Bertz CT molecular complexity index is 2430. The Labute approximate surface area is 317 Å². The van der Waals surface area contributed by atoms with Gasteiger partial charge in [-0.05, 0) is 97.1 Å². The first kappa shape index (κ1) is 36.1. The SMILES string of the molecule is COc1cc(C#Cc2ccccc2)cc(C#Cc2cc(C#Cc3cc(C#Cc4cc(C#Cc5ccccc5)cc(OC)c4)cc(OC)c3)cc(OC)c2)c1. The van der Waals surface area contributed by atoms with Gasteiger partial charge in [-0.3, -0.25) is 0 Å². The van der Waals surface area contributed by atoms with Crippen molar-refractivity contribution in [3.8, 4) is 82.2 Å². The Morgan fingerprint density at radius 2 is 0.426 bits per heavy atom. The fourth-order valence-corrected chi connectivity index (χ4v) is 5.21. The molecule has 6 aromatic rings. The van der Waals surface area contributed by atoms with Crippen LogP contribution in [0.3, 0.4) is 0 Å². The molecule has 258 valence electrons. The summed E-state index contributed by atoms with van der Waals surface area (Å²) >= 11 is 0. The lowest BCUT2D eigenvalue weighted by atomic mass is 10.1. The van der Waals surface area contributed by atoms with Crippen molar-refractivity contribution in [2.75, 3.05) is 28.4 Å². The topological polar surface area (TPSA) is 36.9 Å². The van der Waals surface area contributed by atoms with E-state index in [2.05, 4.69) is 59.2 Å². The molecule has 0 radical (unpaired) electrons. The summed E-state index contributed by atoms with van der Waals surface area (Å²) in [7, 11) is 6.51. The first-order valence-electron chi connectivity index (χ1n) is 16.9. The summed E-state index contributed by atoms with van der Waals surface area (Å²) in [5.74, 6) is 35.0. The van der Waals surface area contributed by atoms with Crippen LogP contribution in [-0.2, 0) is 0 Å². The summed E-state index contributed by atoms with van der Waals surface area (Å²) in [6, 6.07) is 42.5. The van der Waals surface area contributed by atoms with Crippen LogP contribution in [0.1, 0.15) is 55.6 Å². The molecular weight excluding hydrogens is 665 g/mol. The predicted molar refractivity (Wildman–Crippen MR) is 215 cm³/mol. The average molecular weight is 699 g/mol. The summed E-state index contributed by atoms with van der Waals surface area (Å²) in [6.07, 6.45) is 0. The first-order chi connectivity index (χ1) is 26.5. The van der Waals surface area contributed by atoms with Gasteiger partial charge in [-0.25, -0.2) is 0 Å². The molecule has 6 rings (SSSR count). The van der Waals surface area contributed by atoms with E-state index in [1.807, 2.05) is 133 Å². The zero-order valence-corrected chi connectivity index (χ0v) is 30.3. The van der Waals surface area contributed by atoms with Gasteiger partial charge in [0.15, 0.2) is 0 Å². The third-order valence-electron chi connectivity index (χ3n) is 7.87. The number of methoxy groups -OCH3 is 4. The molecule has 0 unspecified atom stereocenters. The second-order valence-electron chi connectivity index (χ2n) is 11.8. The largest absolute Gasteiger partial charge is 0.497 e. The maximum atomic E-state index is 5.59. The lowest BCUT2D eigenvalue weighted by Crippen LogP contribution is -1.89. The Morgan fingerprint density at radius 3 is 0.611 bits per heavy atom. The number of hydrogen-bond acceptors (Lipinski definition) is 4. The van der Waals surface area contributed by atoms with Crippen molar-refractivity contribution in [2.45, 2.75) is 0 Å². The van der Waals surface area contributed by atoms with Gasteiger partial charge >= 0.3 is 0 Å². The molecule has 0 saturated carbocycles. The number of rotatable bonds is 4. The van der Waals surface area contributed by atoms with Crippen LogP contribution < -0.4 is 18.9 Å². The Hall–Kier alpha value is -7.68. The Balaban J connectivity index is 1.26. The van der Waals surface area contributed by atoms with Crippen molar-refractivity contribution in [3.05, 3.63) is 189 Å². The van der Waals surface area contributed by atoms with Gasteiger partial charge in [-0.2, -0.15) is 0 Å². The lowest BCUT2D eigenvalue weighted by molar-refractivity contribution is 0.414. The zero-order valence-electron chi connectivity index (χ0n) is 30.3. The number of hydrogen-bond donors (Lipinski definition) is 0. The molecule has 0 heterocycles. The van der Waals surface area contributed by atoms with Gasteiger partial charge in [-0.15, -0.1) is 0 Å². The van der Waals surface area contributed by atoms with Gasteiger partial charge in [0.25, 0.3) is 0 Å². The monoisotopic (exact) mass is 698 g/mol. The Kier molecular flexibility index (Phi) is 12.0. The van der Waals surface area contributed by atoms with Crippen LogP contribution in [0.25, 0.3) is 0 Å². The van der Waals surface area contributed by atoms with Crippen molar-refractivity contribution in [1.82, 2.24) is 0 Å². The van der Waals surface area contributed by atoms with Gasteiger partial charge < -0.3 is 18.9 Å². The highest BCUT2D eigenvalue weighted by Gasteiger charge is 2.03. The maximum absolute atomic E-state index is 5.59. The van der Waals surface area contributed by atoms with E-state index in [9.17, 15) is 0 Å². The van der Waals surface area contributed by atoms with Crippen LogP contribution in [-0.4, -0.2) is 28.4 Å². The summed E-state index contributed by atoms with van der Waals surface area (Å²) in [5, 5.41) is 0. The first-order valence-corrected chi connectivity index (χ1v) is 16.9. The van der Waals surface area contributed by atoms with Crippen LogP contribution in [0.5, 0.6) is 23.0 Å². The molecule has 4 nitrogen and oxygen atoms in total. The minimum atomic E-state index is 0.648. The van der Waals surface area contributed by atoms with Crippen molar-refractivity contribution >= 4 is 0 Å². The molecule has 0 amide bonds. The fraction of sp³-hybridized carbons (Fsp3) is 0.0800. The molecule has 4 heteroatoms. The van der Waals surface area contributed by atoms with Crippen LogP contribution in [0.2, 0.25) is 0 Å². The van der Waals surface area contributed by atoms with Crippen LogP contribution in [0.15, 0.2) is 133 Å². The van der Waals surface area contributed by atoms with E-state index in [4.69, 9.17) is 18.9 Å². The van der Waals surface area contributed by atoms with Crippen molar-refractivity contribution in [2.24, 2.45) is 0 Å². The molecule has 0 aliphatic rings. The van der Waals surface area contributed by atoms with Gasteiger partial charge in [0.2, 0.25) is 0 Å². The van der Waals surface area contributed by atoms with Crippen molar-refractivity contribution in [3.63, 3.8) is 0 Å². The molecule has 0 aliphatic heterocycles. The van der Waals surface area contributed by atoms with E-state index < -0.39 is 0 Å². The molecule has 0 bridgehead atoms. The molecule has 0 fully saturated rings. The highest BCUT2D eigenvalue weighted by molar-refractivity contribution is 5.58. The van der Waals surface area contributed by atoms with Crippen LogP contribution in [0.4, 0.5) is 0 Å². The minimum Gasteiger partial charge on any atom is -0.497 e. The smallest absolute Gasteiger partial charge is 0.121 e. The van der Waals surface area contributed by atoms with E-state index in [0.717, 1.165) is 55.6 Å². The predicted octanol–water partition coefficient (Wildman–Crippen LogP) is 8.72.